The average Bonchev–Trinajstić information content (AvgIpc) is 2.28. The van der Waals surface area contributed by atoms with Crippen LogP contribution in [0.15, 0.2) is 0 Å². The van der Waals surface area contributed by atoms with Crippen molar-refractivity contribution >= 4 is 5.97 Å². The molecule has 1 N–H and O–H groups in total. The zero-order valence-electron chi connectivity index (χ0n) is 11.0. The molecule has 3 nitrogen and oxygen atoms in total. The number of ether oxygens (including phenoxy) is 1. The molecule has 1 rings (SSSR count). The fourth-order valence-electron chi connectivity index (χ4n) is 1.97. The molecule has 16 heavy (non-hydrogen) atoms. The van der Waals surface area contributed by atoms with Crippen molar-refractivity contribution in [2.75, 3.05) is 13.7 Å². The summed E-state index contributed by atoms with van der Waals surface area (Å²) in [6, 6.07) is 0. The predicted molar refractivity (Wildman–Crippen MR) is 65.2 cm³/mol. The van der Waals surface area contributed by atoms with Gasteiger partial charge in [0.1, 0.15) is 5.54 Å². The summed E-state index contributed by atoms with van der Waals surface area (Å²) in [6.45, 7) is 6.58. The second-order valence-electron chi connectivity index (χ2n) is 5.60. The van der Waals surface area contributed by atoms with E-state index < -0.39 is 5.54 Å². The second kappa shape index (κ2) is 5.67. The monoisotopic (exact) mass is 227 g/mol. The Morgan fingerprint density at radius 1 is 1.31 bits per heavy atom. The van der Waals surface area contributed by atoms with Crippen LogP contribution in [0, 0.1) is 11.8 Å². The lowest BCUT2D eigenvalue weighted by atomic mass is 9.83. The molecule has 1 fully saturated rings. The maximum absolute atomic E-state index is 11.7. The zero-order chi connectivity index (χ0) is 12.2. The average molecular weight is 227 g/mol. The Hall–Kier alpha value is -0.570. The van der Waals surface area contributed by atoms with Gasteiger partial charge in [0.25, 0.3) is 0 Å². The van der Waals surface area contributed by atoms with Crippen LogP contribution in [0.5, 0.6) is 0 Å². The van der Waals surface area contributed by atoms with Gasteiger partial charge in [-0.25, -0.2) is 0 Å². The third-order valence-corrected chi connectivity index (χ3v) is 3.72. The van der Waals surface area contributed by atoms with E-state index in [-0.39, 0.29) is 5.97 Å². The summed E-state index contributed by atoms with van der Waals surface area (Å²) in [5, 5.41) is 2.96. The van der Waals surface area contributed by atoms with Gasteiger partial charge in [0.2, 0.25) is 0 Å². The van der Waals surface area contributed by atoms with E-state index in [9.17, 15) is 4.79 Å². The summed E-state index contributed by atoms with van der Waals surface area (Å²) in [5.41, 5.74) is -0.568. The molecule has 1 aliphatic rings. The Morgan fingerprint density at radius 3 is 2.38 bits per heavy atom. The largest absolute Gasteiger partial charge is 0.464 e. The molecule has 0 heterocycles. The number of hydrogen-bond acceptors (Lipinski definition) is 3. The molecular formula is C13H25NO2. The van der Waals surface area contributed by atoms with Crippen molar-refractivity contribution in [1.29, 1.82) is 0 Å². The summed E-state index contributed by atoms with van der Waals surface area (Å²) < 4.78 is 5.37. The van der Waals surface area contributed by atoms with Gasteiger partial charge in [0, 0.05) is 0 Å². The molecule has 3 heteroatoms. The minimum absolute atomic E-state index is 0.145. The Morgan fingerprint density at radius 2 is 1.88 bits per heavy atom. The molecule has 0 atom stereocenters. The Labute approximate surface area is 98.9 Å². The maximum Gasteiger partial charge on any atom is 0.325 e. The molecule has 0 aromatic heterocycles. The van der Waals surface area contributed by atoms with E-state index in [2.05, 4.69) is 12.2 Å². The first-order chi connectivity index (χ1) is 7.45. The first kappa shape index (κ1) is 13.5. The summed E-state index contributed by atoms with van der Waals surface area (Å²) in [6.07, 6.45) is 4.96. The van der Waals surface area contributed by atoms with Crippen LogP contribution in [-0.2, 0) is 9.53 Å². The van der Waals surface area contributed by atoms with Crippen molar-refractivity contribution in [1.82, 2.24) is 5.32 Å². The van der Waals surface area contributed by atoms with Gasteiger partial charge in [0.15, 0.2) is 0 Å². The SMILES string of the molecule is CNC(C)(C)C(=O)OCC1CCC(C)CC1. The van der Waals surface area contributed by atoms with Crippen molar-refractivity contribution in [3.8, 4) is 0 Å². The molecule has 0 bridgehead atoms. The van der Waals surface area contributed by atoms with Crippen LogP contribution in [0.1, 0.15) is 46.5 Å². The molecule has 0 amide bonds. The molecule has 0 spiro atoms. The van der Waals surface area contributed by atoms with Crippen molar-refractivity contribution in [2.45, 2.75) is 52.0 Å². The van der Waals surface area contributed by atoms with Crippen LogP contribution >= 0.6 is 0 Å². The van der Waals surface area contributed by atoms with E-state index in [0.717, 1.165) is 5.92 Å². The molecule has 0 aromatic carbocycles. The molecule has 1 saturated carbocycles. The number of likely N-dealkylation sites (N-methyl/N-ethyl adjacent to an activating group) is 1. The molecular weight excluding hydrogens is 202 g/mol. The quantitative estimate of drug-likeness (QED) is 0.749. The zero-order valence-corrected chi connectivity index (χ0v) is 11.0. The van der Waals surface area contributed by atoms with E-state index >= 15 is 0 Å². The number of nitrogens with one attached hydrogen (secondary N) is 1. The minimum atomic E-state index is -0.568. The lowest BCUT2D eigenvalue weighted by Gasteiger charge is -2.27. The highest BCUT2D eigenvalue weighted by Crippen LogP contribution is 2.28. The van der Waals surface area contributed by atoms with Crippen LogP contribution in [-0.4, -0.2) is 25.2 Å². The summed E-state index contributed by atoms with van der Waals surface area (Å²) in [7, 11) is 1.78. The number of carbonyl (C=O) groups excluding carboxylic acids is 1. The summed E-state index contributed by atoms with van der Waals surface area (Å²) in [4.78, 5) is 11.7. The number of hydrogen-bond donors (Lipinski definition) is 1. The Bertz CT molecular complexity index is 230. The van der Waals surface area contributed by atoms with Gasteiger partial charge in [-0.15, -0.1) is 0 Å². The molecule has 1 aliphatic carbocycles. The van der Waals surface area contributed by atoms with Crippen LogP contribution in [0.25, 0.3) is 0 Å². The van der Waals surface area contributed by atoms with Gasteiger partial charge in [-0.05, 0) is 45.6 Å². The first-order valence-electron chi connectivity index (χ1n) is 6.32. The van der Waals surface area contributed by atoms with Gasteiger partial charge in [0.05, 0.1) is 6.61 Å². The number of rotatable bonds is 4. The normalized spacial score (nSPS) is 26.5. The number of carbonyl (C=O) groups is 1. The van der Waals surface area contributed by atoms with Crippen molar-refractivity contribution in [2.24, 2.45) is 11.8 Å². The number of esters is 1. The van der Waals surface area contributed by atoms with Gasteiger partial charge in [-0.2, -0.15) is 0 Å². The van der Waals surface area contributed by atoms with E-state index in [1.54, 1.807) is 7.05 Å². The van der Waals surface area contributed by atoms with Gasteiger partial charge in [-0.3, -0.25) is 4.79 Å². The van der Waals surface area contributed by atoms with Crippen LogP contribution in [0.2, 0.25) is 0 Å². The lowest BCUT2D eigenvalue weighted by molar-refractivity contribution is -0.151. The van der Waals surface area contributed by atoms with Gasteiger partial charge >= 0.3 is 5.97 Å². The molecule has 0 unspecified atom stereocenters. The fraction of sp³-hybridized carbons (Fsp3) is 0.923. The molecule has 0 saturated heterocycles. The maximum atomic E-state index is 11.7. The van der Waals surface area contributed by atoms with E-state index in [4.69, 9.17) is 4.74 Å². The van der Waals surface area contributed by atoms with Crippen LogP contribution < -0.4 is 5.32 Å². The van der Waals surface area contributed by atoms with E-state index in [0.29, 0.717) is 12.5 Å². The Kier molecular flexibility index (Phi) is 4.78. The van der Waals surface area contributed by atoms with Crippen molar-refractivity contribution in [3.63, 3.8) is 0 Å². The smallest absolute Gasteiger partial charge is 0.325 e. The van der Waals surface area contributed by atoms with Crippen molar-refractivity contribution < 1.29 is 9.53 Å². The van der Waals surface area contributed by atoms with Gasteiger partial charge in [-0.1, -0.05) is 19.8 Å². The summed E-state index contributed by atoms with van der Waals surface area (Å²) in [5.74, 6) is 1.28. The minimum Gasteiger partial charge on any atom is -0.464 e. The fourth-order valence-corrected chi connectivity index (χ4v) is 1.97. The van der Waals surface area contributed by atoms with Crippen molar-refractivity contribution in [3.05, 3.63) is 0 Å². The van der Waals surface area contributed by atoms with Crippen LogP contribution in [0.4, 0.5) is 0 Å². The van der Waals surface area contributed by atoms with E-state index in [1.165, 1.54) is 25.7 Å². The predicted octanol–water partition coefficient (Wildman–Crippen LogP) is 2.35. The summed E-state index contributed by atoms with van der Waals surface area (Å²) >= 11 is 0. The molecule has 0 aliphatic heterocycles. The highest BCUT2D eigenvalue weighted by Gasteiger charge is 2.28. The third kappa shape index (κ3) is 3.78. The van der Waals surface area contributed by atoms with Gasteiger partial charge < -0.3 is 10.1 Å². The Balaban J connectivity index is 2.27. The highest BCUT2D eigenvalue weighted by molar-refractivity contribution is 5.79. The first-order valence-corrected chi connectivity index (χ1v) is 6.32. The third-order valence-electron chi connectivity index (χ3n) is 3.72. The standard InChI is InChI=1S/C13H25NO2/c1-10-5-7-11(8-6-10)9-16-12(15)13(2,3)14-4/h10-11,14H,5-9H2,1-4H3. The lowest BCUT2D eigenvalue weighted by Crippen LogP contribution is -2.46. The van der Waals surface area contributed by atoms with E-state index in [1.807, 2.05) is 13.8 Å². The molecule has 0 aromatic rings. The molecule has 0 radical (unpaired) electrons. The molecule has 94 valence electrons. The second-order valence-corrected chi connectivity index (χ2v) is 5.60. The van der Waals surface area contributed by atoms with Crippen LogP contribution in [0.3, 0.4) is 0 Å². The highest BCUT2D eigenvalue weighted by atomic mass is 16.5. The topological polar surface area (TPSA) is 38.3 Å².